The molecular formula is C9H6N2O4. The number of aliphatic carboxylic acids is 1. The number of imide groups is 1. The Morgan fingerprint density at radius 2 is 2.00 bits per heavy atom. The van der Waals surface area contributed by atoms with Gasteiger partial charge in [0.25, 0.3) is 11.8 Å². The first-order valence-corrected chi connectivity index (χ1v) is 4.13. The Morgan fingerprint density at radius 3 is 2.60 bits per heavy atom. The summed E-state index contributed by atoms with van der Waals surface area (Å²) in [6, 6.07) is 1.40. The molecule has 1 aliphatic rings. The second-order valence-corrected chi connectivity index (χ2v) is 3.01. The van der Waals surface area contributed by atoms with Gasteiger partial charge in [-0.05, 0) is 6.07 Å². The van der Waals surface area contributed by atoms with Crippen molar-refractivity contribution in [2.75, 3.05) is 6.54 Å². The van der Waals surface area contributed by atoms with Crippen molar-refractivity contribution in [2.24, 2.45) is 0 Å². The smallest absolute Gasteiger partial charge is 0.323 e. The number of carboxylic acid groups (broad SMARTS) is 1. The molecule has 2 heterocycles. The van der Waals surface area contributed by atoms with Crippen molar-refractivity contribution < 1.29 is 19.5 Å². The summed E-state index contributed by atoms with van der Waals surface area (Å²) in [6.07, 6.45) is 2.64. The van der Waals surface area contributed by atoms with E-state index in [0.717, 1.165) is 0 Å². The molecule has 0 aromatic carbocycles. The fourth-order valence-electron chi connectivity index (χ4n) is 1.41. The monoisotopic (exact) mass is 206 g/mol. The predicted molar refractivity (Wildman–Crippen MR) is 47.2 cm³/mol. The van der Waals surface area contributed by atoms with Gasteiger partial charge in [0.15, 0.2) is 0 Å². The predicted octanol–water partition coefficient (Wildman–Crippen LogP) is -0.238. The maximum absolute atomic E-state index is 11.6. The average Bonchev–Trinajstić information content (AvgIpc) is 2.44. The van der Waals surface area contributed by atoms with Gasteiger partial charge in [-0.2, -0.15) is 0 Å². The average molecular weight is 206 g/mol. The number of nitrogens with zero attached hydrogens (tertiary/aromatic N) is 2. The van der Waals surface area contributed by atoms with Crippen LogP contribution in [-0.4, -0.2) is 39.3 Å². The molecule has 2 amide bonds. The number of fused-ring (bicyclic) bond motifs is 1. The van der Waals surface area contributed by atoms with Crippen molar-refractivity contribution in [3.63, 3.8) is 0 Å². The zero-order valence-corrected chi connectivity index (χ0v) is 7.51. The maximum Gasteiger partial charge on any atom is 0.323 e. The molecule has 1 aliphatic heterocycles. The van der Waals surface area contributed by atoms with Crippen LogP contribution >= 0.6 is 0 Å². The van der Waals surface area contributed by atoms with Crippen LogP contribution in [0.25, 0.3) is 0 Å². The Morgan fingerprint density at radius 1 is 1.33 bits per heavy atom. The minimum atomic E-state index is -1.22. The lowest BCUT2D eigenvalue weighted by atomic mass is 10.2. The van der Waals surface area contributed by atoms with Crippen LogP contribution in [0, 0.1) is 0 Å². The van der Waals surface area contributed by atoms with Gasteiger partial charge in [-0.3, -0.25) is 24.3 Å². The summed E-state index contributed by atoms with van der Waals surface area (Å²) in [5.41, 5.74) is 0.361. The molecule has 0 saturated heterocycles. The number of hydrogen-bond donors (Lipinski definition) is 1. The van der Waals surface area contributed by atoms with E-state index in [0.29, 0.717) is 4.90 Å². The van der Waals surface area contributed by atoms with Crippen LogP contribution in [0.1, 0.15) is 20.7 Å². The number of aromatic nitrogens is 1. The molecule has 76 valence electrons. The van der Waals surface area contributed by atoms with E-state index in [4.69, 9.17) is 5.11 Å². The Balaban J connectivity index is 2.41. The summed E-state index contributed by atoms with van der Waals surface area (Å²) in [5, 5.41) is 8.53. The van der Waals surface area contributed by atoms with Gasteiger partial charge in [-0.25, -0.2) is 0 Å². The van der Waals surface area contributed by atoms with Gasteiger partial charge in [0.05, 0.1) is 11.1 Å². The number of carbonyl (C=O) groups is 3. The topological polar surface area (TPSA) is 87.6 Å². The molecule has 0 bridgehead atoms. The Labute approximate surface area is 84.1 Å². The van der Waals surface area contributed by atoms with Crippen LogP contribution in [0.5, 0.6) is 0 Å². The fourth-order valence-corrected chi connectivity index (χ4v) is 1.41. The summed E-state index contributed by atoms with van der Waals surface area (Å²) in [6.45, 7) is -0.619. The molecule has 2 rings (SSSR count). The molecule has 6 heteroatoms. The van der Waals surface area contributed by atoms with Crippen LogP contribution in [0.15, 0.2) is 18.5 Å². The first kappa shape index (κ1) is 9.32. The van der Waals surface area contributed by atoms with Gasteiger partial charge in [0, 0.05) is 12.4 Å². The minimum Gasteiger partial charge on any atom is -0.480 e. The van der Waals surface area contributed by atoms with Crippen LogP contribution in [-0.2, 0) is 4.79 Å². The van der Waals surface area contributed by atoms with Crippen molar-refractivity contribution >= 4 is 17.8 Å². The zero-order valence-electron chi connectivity index (χ0n) is 7.51. The lowest BCUT2D eigenvalue weighted by Crippen LogP contribution is -2.34. The van der Waals surface area contributed by atoms with Gasteiger partial charge in [-0.15, -0.1) is 0 Å². The molecule has 15 heavy (non-hydrogen) atoms. The van der Waals surface area contributed by atoms with E-state index < -0.39 is 24.3 Å². The van der Waals surface area contributed by atoms with Gasteiger partial charge in [-0.1, -0.05) is 0 Å². The van der Waals surface area contributed by atoms with E-state index in [1.807, 2.05) is 0 Å². The summed E-state index contributed by atoms with van der Waals surface area (Å²) >= 11 is 0. The molecule has 0 unspecified atom stereocenters. The van der Waals surface area contributed by atoms with Gasteiger partial charge in [0.2, 0.25) is 0 Å². The third kappa shape index (κ3) is 1.35. The molecule has 0 spiro atoms. The molecule has 0 aliphatic carbocycles. The van der Waals surface area contributed by atoms with Crippen LogP contribution < -0.4 is 0 Å². The SMILES string of the molecule is O=C(O)CN1C(=O)c2ccncc2C1=O. The molecule has 6 nitrogen and oxygen atoms in total. The third-order valence-electron chi connectivity index (χ3n) is 2.07. The highest BCUT2D eigenvalue weighted by molar-refractivity contribution is 6.22. The third-order valence-corrected chi connectivity index (χ3v) is 2.07. The largest absolute Gasteiger partial charge is 0.480 e. The Bertz CT molecular complexity index is 434. The number of pyridine rings is 1. The van der Waals surface area contributed by atoms with Crippen LogP contribution in [0.3, 0.4) is 0 Å². The van der Waals surface area contributed by atoms with E-state index in [9.17, 15) is 14.4 Å². The minimum absolute atomic E-state index is 0.156. The van der Waals surface area contributed by atoms with Crippen molar-refractivity contribution in [3.05, 3.63) is 29.6 Å². The summed E-state index contributed by atoms with van der Waals surface area (Å²) in [5.74, 6) is -2.41. The highest BCUT2D eigenvalue weighted by Gasteiger charge is 2.36. The molecule has 0 saturated carbocycles. The van der Waals surface area contributed by atoms with Crippen molar-refractivity contribution in [2.45, 2.75) is 0 Å². The standard InChI is InChI=1S/C9H6N2O4/c12-7(13)4-11-8(14)5-1-2-10-3-6(5)9(11)15/h1-3H,4H2,(H,12,13). The number of carboxylic acids is 1. The molecule has 0 radical (unpaired) electrons. The number of carbonyl (C=O) groups excluding carboxylic acids is 2. The molecule has 1 aromatic rings. The second kappa shape index (κ2) is 3.16. The molecular weight excluding hydrogens is 200 g/mol. The van der Waals surface area contributed by atoms with E-state index in [1.54, 1.807) is 0 Å². The zero-order chi connectivity index (χ0) is 11.0. The van der Waals surface area contributed by atoms with Gasteiger partial charge in [0.1, 0.15) is 6.54 Å². The summed E-state index contributed by atoms with van der Waals surface area (Å²) in [7, 11) is 0. The summed E-state index contributed by atoms with van der Waals surface area (Å²) < 4.78 is 0. The molecule has 0 fully saturated rings. The second-order valence-electron chi connectivity index (χ2n) is 3.01. The highest BCUT2D eigenvalue weighted by atomic mass is 16.4. The van der Waals surface area contributed by atoms with E-state index in [-0.39, 0.29) is 11.1 Å². The number of rotatable bonds is 2. The van der Waals surface area contributed by atoms with E-state index in [1.165, 1.54) is 18.5 Å². The highest BCUT2D eigenvalue weighted by Crippen LogP contribution is 2.20. The lowest BCUT2D eigenvalue weighted by molar-refractivity contribution is -0.137. The molecule has 1 aromatic heterocycles. The van der Waals surface area contributed by atoms with E-state index >= 15 is 0 Å². The maximum atomic E-state index is 11.6. The van der Waals surface area contributed by atoms with Crippen molar-refractivity contribution in [1.29, 1.82) is 0 Å². The van der Waals surface area contributed by atoms with Crippen molar-refractivity contribution in [1.82, 2.24) is 9.88 Å². The molecule has 0 atom stereocenters. The fraction of sp³-hybridized carbons (Fsp3) is 0.111. The lowest BCUT2D eigenvalue weighted by Gasteiger charge is -2.09. The Hall–Kier alpha value is -2.24. The molecule has 1 N–H and O–H groups in total. The first-order chi connectivity index (χ1) is 7.11. The van der Waals surface area contributed by atoms with Gasteiger partial charge >= 0.3 is 5.97 Å². The van der Waals surface area contributed by atoms with Gasteiger partial charge < -0.3 is 5.11 Å². The Kier molecular flexibility index (Phi) is 1.96. The van der Waals surface area contributed by atoms with E-state index in [2.05, 4.69) is 4.98 Å². The quantitative estimate of drug-likeness (QED) is 0.675. The van der Waals surface area contributed by atoms with Crippen LogP contribution in [0.2, 0.25) is 0 Å². The normalized spacial score (nSPS) is 14.3. The first-order valence-electron chi connectivity index (χ1n) is 4.13. The number of hydrogen-bond acceptors (Lipinski definition) is 4. The number of amides is 2. The van der Waals surface area contributed by atoms with Crippen LogP contribution in [0.4, 0.5) is 0 Å². The summed E-state index contributed by atoms with van der Waals surface area (Å²) in [4.78, 5) is 37.9. The van der Waals surface area contributed by atoms with Crippen molar-refractivity contribution in [3.8, 4) is 0 Å².